The first kappa shape index (κ1) is 16.7. The molecule has 7 nitrogen and oxygen atoms in total. The monoisotopic (exact) mass is 308 g/mol. The fourth-order valence-electron chi connectivity index (χ4n) is 1.90. The molecular weight excluding hydrogens is 292 g/mol. The van der Waals surface area contributed by atoms with Crippen LogP contribution in [-0.4, -0.2) is 47.9 Å². The summed E-state index contributed by atoms with van der Waals surface area (Å²) in [5, 5.41) is -0.983. The van der Waals surface area contributed by atoms with E-state index in [4.69, 9.17) is 30.5 Å². The van der Waals surface area contributed by atoms with Crippen LogP contribution in [0.3, 0.4) is 0 Å². The van der Waals surface area contributed by atoms with E-state index in [1.165, 1.54) is 20.8 Å². The summed E-state index contributed by atoms with van der Waals surface area (Å²) in [7, 11) is 0. The van der Waals surface area contributed by atoms with Crippen LogP contribution in [0.15, 0.2) is 0 Å². The predicted octanol–water partition coefficient (Wildman–Crippen LogP) is 0.765. The third-order valence-electron chi connectivity index (χ3n) is 2.60. The second kappa shape index (κ2) is 6.90. The van der Waals surface area contributed by atoms with Gasteiger partial charge in [-0.25, -0.2) is 0 Å². The molecule has 20 heavy (non-hydrogen) atoms. The van der Waals surface area contributed by atoms with Gasteiger partial charge in [-0.2, -0.15) is 0 Å². The molecule has 0 radical (unpaired) electrons. The van der Waals surface area contributed by atoms with Crippen LogP contribution in [0.25, 0.3) is 0 Å². The molecule has 0 saturated carbocycles. The van der Waals surface area contributed by atoms with Gasteiger partial charge in [0.25, 0.3) is 0 Å². The Labute approximate surface area is 121 Å². The Hall–Kier alpha value is -1.34. The minimum absolute atomic E-state index is 0.558. The van der Waals surface area contributed by atoms with Gasteiger partial charge in [0.1, 0.15) is 5.38 Å². The molecule has 0 spiro atoms. The number of rotatable bonds is 3. The van der Waals surface area contributed by atoms with Crippen LogP contribution in [-0.2, 0) is 33.3 Å². The minimum atomic E-state index is -1.08. The van der Waals surface area contributed by atoms with Crippen LogP contribution < -0.4 is 0 Å². The van der Waals surface area contributed by atoms with Crippen molar-refractivity contribution in [3.63, 3.8) is 0 Å². The fraction of sp³-hybridized carbons (Fsp3) is 0.750. The van der Waals surface area contributed by atoms with E-state index in [9.17, 15) is 14.4 Å². The SMILES string of the molecule is CC(=O)OC1O[C@@H](C)[C@@H](OC(C)=O)[C@@H](OC(C)=O)[C@@H]1Cl. The molecular formula is C12H17ClO7. The lowest BCUT2D eigenvalue weighted by Gasteiger charge is -2.41. The molecule has 0 bridgehead atoms. The highest BCUT2D eigenvalue weighted by Gasteiger charge is 2.48. The summed E-state index contributed by atoms with van der Waals surface area (Å²) >= 11 is 6.11. The van der Waals surface area contributed by atoms with Crippen LogP contribution in [0.4, 0.5) is 0 Å². The van der Waals surface area contributed by atoms with E-state index in [0.29, 0.717) is 0 Å². The third-order valence-corrected chi connectivity index (χ3v) is 3.05. The summed E-state index contributed by atoms with van der Waals surface area (Å²) in [4.78, 5) is 33.3. The summed E-state index contributed by atoms with van der Waals surface area (Å²) in [6.07, 6.45) is -3.57. The number of ether oxygens (including phenoxy) is 4. The van der Waals surface area contributed by atoms with Gasteiger partial charge in [0.2, 0.25) is 6.29 Å². The molecule has 0 aliphatic carbocycles. The lowest BCUT2D eigenvalue weighted by molar-refractivity contribution is -0.247. The van der Waals surface area contributed by atoms with Gasteiger partial charge < -0.3 is 18.9 Å². The lowest BCUT2D eigenvalue weighted by atomic mass is 10.0. The molecule has 1 rings (SSSR count). The Kier molecular flexibility index (Phi) is 5.76. The maximum absolute atomic E-state index is 11.2. The Bertz CT molecular complexity index is 397. The van der Waals surface area contributed by atoms with Gasteiger partial charge in [0.15, 0.2) is 12.2 Å². The van der Waals surface area contributed by atoms with Crippen LogP contribution in [0.2, 0.25) is 0 Å². The van der Waals surface area contributed by atoms with Gasteiger partial charge in [-0.1, -0.05) is 0 Å². The molecule has 0 aromatic heterocycles. The van der Waals surface area contributed by atoms with Crippen LogP contribution in [0.5, 0.6) is 0 Å². The fourth-order valence-corrected chi connectivity index (χ4v) is 2.21. The molecule has 1 heterocycles. The van der Waals surface area contributed by atoms with E-state index in [-0.39, 0.29) is 0 Å². The zero-order chi connectivity index (χ0) is 15.4. The molecule has 0 amide bonds. The molecule has 1 aliphatic rings. The highest BCUT2D eigenvalue weighted by atomic mass is 35.5. The van der Waals surface area contributed by atoms with E-state index < -0.39 is 47.9 Å². The topological polar surface area (TPSA) is 88.1 Å². The Morgan fingerprint density at radius 1 is 0.900 bits per heavy atom. The van der Waals surface area contributed by atoms with Crippen molar-refractivity contribution in [2.24, 2.45) is 0 Å². The Morgan fingerprint density at radius 3 is 1.80 bits per heavy atom. The number of esters is 3. The van der Waals surface area contributed by atoms with Crippen molar-refractivity contribution in [1.82, 2.24) is 0 Å². The smallest absolute Gasteiger partial charge is 0.304 e. The predicted molar refractivity (Wildman–Crippen MR) is 66.9 cm³/mol. The summed E-state index contributed by atoms with van der Waals surface area (Å²) in [6, 6.07) is 0. The molecule has 1 saturated heterocycles. The molecule has 1 aliphatic heterocycles. The Morgan fingerprint density at radius 2 is 1.35 bits per heavy atom. The standard InChI is InChI=1S/C12H17ClO7/c1-5-10(18-6(2)14)11(19-7(3)15)9(13)12(17-5)20-8(4)16/h5,9-12H,1-4H3/t5-,9-,10+,11-,12?/m0/s1. The van der Waals surface area contributed by atoms with Gasteiger partial charge >= 0.3 is 17.9 Å². The normalized spacial score (nSPS) is 33.1. The largest absolute Gasteiger partial charge is 0.457 e. The zero-order valence-electron chi connectivity index (χ0n) is 11.6. The molecule has 0 N–H and O–H groups in total. The molecule has 1 unspecified atom stereocenters. The number of carbonyl (C=O) groups is 3. The molecule has 0 aromatic rings. The summed E-state index contributed by atoms with van der Waals surface area (Å²) in [6.45, 7) is 5.23. The number of hydrogen-bond acceptors (Lipinski definition) is 7. The van der Waals surface area contributed by atoms with E-state index in [1.807, 2.05) is 0 Å². The summed E-state index contributed by atoms with van der Waals surface area (Å²) in [5.74, 6) is -1.73. The van der Waals surface area contributed by atoms with Gasteiger partial charge in [0.05, 0.1) is 6.10 Å². The van der Waals surface area contributed by atoms with E-state index >= 15 is 0 Å². The number of alkyl halides is 1. The van der Waals surface area contributed by atoms with Crippen LogP contribution >= 0.6 is 11.6 Å². The first-order valence-corrected chi connectivity index (χ1v) is 6.47. The van der Waals surface area contributed by atoms with Gasteiger partial charge in [-0.15, -0.1) is 11.6 Å². The van der Waals surface area contributed by atoms with Crippen LogP contribution in [0, 0.1) is 0 Å². The van der Waals surface area contributed by atoms with E-state index in [0.717, 1.165) is 0 Å². The summed E-state index contributed by atoms with van der Waals surface area (Å²) < 4.78 is 20.5. The second-order valence-corrected chi connectivity index (χ2v) is 4.92. The second-order valence-electron chi connectivity index (χ2n) is 4.41. The average molecular weight is 309 g/mol. The summed E-state index contributed by atoms with van der Waals surface area (Å²) in [5.41, 5.74) is 0. The Balaban J connectivity index is 2.93. The maximum Gasteiger partial charge on any atom is 0.304 e. The number of halogens is 1. The van der Waals surface area contributed by atoms with Crippen LogP contribution in [0.1, 0.15) is 27.7 Å². The number of carbonyl (C=O) groups excluding carboxylic acids is 3. The van der Waals surface area contributed by atoms with Gasteiger partial charge in [0, 0.05) is 20.8 Å². The average Bonchev–Trinajstić information content (AvgIpc) is 2.28. The first-order chi connectivity index (χ1) is 9.22. The highest BCUT2D eigenvalue weighted by Crippen LogP contribution is 2.30. The van der Waals surface area contributed by atoms with Crippen molar-refractivity contribution < 1.29 is 33.3 Å². The molecule has 1 fully saturated rings. The van der Waals surface area contributed by atoms with Gasteiger partial charge in [-0.3, -0.25) is 14.4 Å². The molecule has 0 aromatic carbocycles. The van der Waals surface area contributed by atoms with E-state index in [2.05, 4.69) is 0 Å². The highest BCUT2D eigenvalue weighted by molar-refractivity contribution is 6.21. The quantitative estimate of drug-likeness (QED) is 0.432. The molecule has 8 heteroatoms. The van der Waals surface area contributed by atoms with Crippen molar-refractivity contribution in [1.29, 1.82) is 0 Å². The first-order valence-electron chi connectivity index (χ1n) is 6.03. The molecule has 114 valence electrons. The van der Waals surface area contributed by atoms with Crippen molar-refractivity contribution in [2.45, 2.75) is 57.7 Å². The van der Waals surface area contributed by atoms with Crippen molar-refractivity contribution >= 4 is 29.5 Å². The lowest BCUT2D eigenvalue weighted by Crippen LogP contribution is -2.58. The zero-order valence-corrected chi connectivity index (χ0v) is 12.4. The van der Waals surface area contributed by atoms with E-state index in [1.54, 1.807) is 6.92 Å². The molecule has 5 atom stereocenters. The van der Waals surface area contributed by atoms with Crippen molar-refractivity contribution in [3.8, 4) is 0 Å². The number of hydrogen-bond donors (Lipinski definition) is 0. The van der Waals surface area contributed by atoms with Gasteiger partial charge in [-0.05, 0) is 6.92 Å². The van der Waals surface area contributed by atoms with Crippen molar-refractivity contribution in [2.75, 3.05) is 0 Å². The maximum atomic E-state index is 11.2. The third kappa shape index (κ3) is 4.35. The van der Waals surface area contributed by atoms with Crippen molar-refractivity contribution in [3.05, 3.63) is 0 Å². The minimum Gasteiger partial charge on any atom is -0.457 e.